The van der Waals surface area contributed by atoms with Crippen molar-refractivity contribution in [2.24, 2.45) is 0 Å². The van der Waals surface area contributed by atoms with E-state index in [1.54, 1.807) is 0 Å². The molecule has 0 radical (unpaired) electrons. The molecule has 0 amide bonds. The van der Waals surface area contributed by atoms with Gasteiger partial charge in [0.2, 0.25) is 0 Å². The quantitative estimate of drug-likeness (QED) is 0.503. The van der Waals surface area contributed by atoms with Crippen molar-refractivity contribution in [1.29, 1.82) is 0 Å². The van der Waals surface area contributed by atoms with Gasteiger partial charge >= 0.3 is 0 Å². The second-order valence-corrected chi connectivity index (χ2v) is 5.22. The molecule has 0 aliphatic carbocycles. The number of aromatic nitrogens is 4. The van der Waals surface area contributed by atoms with Crippen LogP contribution in [-0.2, 0) is 11.2 Å². The molecule has 8 nitrogen and oxygen atoms in total. The van der Waals surface area contributed by atoms with Crippen LogP contribution in [0.3, 0.4) is 0 Å². The summed E-state index contributed by atoms with van der Waals surface area (Å²) in [5, 5.41) is 29.2. The molecular weight excluding hydrogens is 312 g/mol. The summed E-state index contributed by atoms with van der Waals surface area (Å²) in [4.78, 5) is 12.4. The van der Waals surface area contributed by atoms with E-state index >= 15 is 0 Å². The number of aliphatic hydroxyl groups is 3. The summed E-state index contributed by atoms with van der Waals surface area (Å²) in [5.41, 5.74) is 0.667. The first-order valence-corrected chi connectivity index (χ1v) is 6.89. The lowest BCUT2D eigenvalue weighted by Crippen LogP contribution is -2.33. The molecule has 9 heteroatoms. The third-order valence-corrected chi connectivity index (χ3v) is 3.74. The second kappa shape index (κ2) is 5.79. The van der Waals surface area contributed by atoms with Crippen molar-refractivity contribution in [1.82, 2.24) is 19.5 Å². The Hall–Kier alpha value is -1.76. The molecule has 2 aromatic heterocycles. The minimum absolute atomic E-state index is 0.140. The normalized spacial score (nSPS) is 28.1. The van der Waals surface area contributed by atoms with Crippen LogP contribution in [0, 0.1) is 12.3 Å². The van der Waals surface area contributed by atoms with E-state index in [9.17, 15) is 10.2 Å². The maximum absolute atomic E-state index is 10.1. The fourth-order valence-corrected chi connectivity index (χ4v) is 2.62. The van der Waals surface area contributed by atoms with E-state index in [2.05, 4.69) is 20.9 Å². The molecule has 3 rings (SSSR count). The molecular formula is C13H13ClN4O4. The zero-order valence-electron chi connectivity index (χ0n) is 11.3. The maximum atomic E-state index is 10.1. The summed E-state index contributed by atoms with van der Waals surface area (Å²) in [7, 11) is 0. The van der Waals surface area contributed by atoms with E-state index in [0.717, 1.165) is 0 Å². The molecule has 0 aromatic carbocycles. The van der Waals surface area contributed by atoms with Crippen LogP contribution in [0.5, 0.6) is 0 Å². The Morgan fingerprint density at radius 3 is 2.77 bits per heavy atom. The molecule has 4 atom stereocenters. The molecule has 1 aliphatic rings. The van der Waals surface area contributed by atoms with E-state index in [0.29, 0.717) is 17.0 Å². The van der Waals surface area contributed by atoms with Crippen molar-refractivity contribution in [2.75, 3.05) is 6.61 Å². The smallest absolute Gasteiger partial charge is 0.167 e. The first-order valence-electron chi connectivity index (χ1n) is 6.51. The largest absolute Gasteiger partial charge is 0.394 e. The fourth-order valence-electron chi connectivity index (χ4n) is 2.39. The molecule has 3 N–H and O–H groups in total. The monoisotopic (exact) mass is 324 g/mol. The van der Waals surface area contributed by atoms with Crippen LogP contribution >= 0.6 is 11.6 Å². The van der Waals surface area contributed by atoms with E-state index in [-0.39, 0.29) is 11.6 Å². The highest BCUT2D eigenvalue weighted by atomic mass is 35.5. The van der Waals surface area contributed by atoms with Crippen LogP contribution in [0.25, 0.3) is 11.2 Å². The van der Waals surface area contributed by atoms with Gasteiger partial charge in [0, 0.05) is 0 Å². The lowest BCUT2D eigenvalue weighted by molar-refractivity contribution is -0.0511. The second-order valence-electron chi connectivity index (χ2n) is 4.86. The number of rotatable bonds is 3. The molecule has 1 saturated heterocycles. The van der Waals surface area contributed by atoms with Crippen LogP contribution in [0.1, 0.15) is 12.1 Å². The summed E-state index contributed by atoms with van der Waals surface area (Å²) < 4.78 is 6.89. The lowest BCUT2D eigenvalue weighted by atomic mass is 10.1. The minimum atomic E-state index is -1.24. The Kier molecular flexibility index (Phi) is 3.99. The molecule has 0 unspecified atom stereocenters. The number of aliphatic hydroxyl groups excluding tert-OH is 3. The lowest BCUT2D eigenvalue weighted by Gasteiger charge is -2.16. The topological polar surface area (TPSA) is 114 Å². The van der Waals surface area contributed by atoms with Gasteiger partial charge in [-0.2, -0.15) is 0 Å². The van der Waals surface area contributed by atoms with E-state index < -0.39 is 31.1 Å². The SMILES string of the molecule is C#CCc1nc(Cl)c2ncn([C@@H]3O[C@H](CO)[C@@H](O)[C@H]3O)c2n1. The van der Waals surface area contributed by atoms with Gasteiger partial charge in [-0.25, -0.2) is 15.0 Å². The van der Waals surface area contributed by atoms with Crippen molar-refractivity contribution in [2.45, 2.75) is 31.0 Å². The number of terminal acetylenes is 1. The minimum Gasteiger partial charge on any atom is -0.394 e. The number of hydrogen-bond acceptors (Lipinski definition) is 7. The highest BCUT2D eigenvalue weighted by Gasteiger charge is 2.44. The Balaban J connectivity index is 2.06. The first kappa shape index (κ1) is 15.1. The van der Waals surface area contributed by atoms with Gasteiger partial charge in [-0.15, -0.1) is 6.42 Å². The number of imidazole rings is 1. The Bertz CT molecular complexity index is 743. The molecule has 0 spiro atoms. The average Bonchev–Trinajstić information content (AvgIpc) is 3.03. The van der Waals surface area contributed by atoms with Crippen molar-refractivity contribution in [3.05, 3.63) is 17.3 Å². The van der Waals surface area contributed by atoms with Crippen molar-refractivity contribution < 1.29 is 20.1 Å². The van der Waals surface area contributed by atoms with E-state index in [1.165, 1.54) is 10.9 Å². The van der Waals surface area contributed by atoms with Gasteiger partial charge in [0.15, 0.2) is 17.0 Å². The van der Waals surface area contributed by atoms with Gasteiger partial charge in [-0.1, -0.05) is 17.5 Å². The molecule has 22 heavy (non-hydrogen) atoms. The number of hydrogen-bond donors (Lipinski definition) is 3. The molecule has 0 saturated carbocycles. The van der Waals surface area contributed by atoms with E-state index in [4.69, 9.17) is 27.9 Å². The molecule has 1 aliphatic heterocycles. The summed E-state index contributed by atoms with van der Waals surface area (Å²) in [6, 6.07) is 0. The van der Waals surface area contributed by atoms with Gasteiger partial charge in [0.05, 0.1) is 19.4 Å². The predicted octanol–water partition coefficient (Wildman–Crippen LogP) is -0.733. The van der Waals surface area contributed by atoms with Crippen molar-refractivity contribution >= 4 is 22.8 Å². The summed E-state index contributed by atoms with van der Waals surface area (Å²) >= 11 is 6.05. The molecule has 116 valence electrons. The summed E-state index contributed by atoms with van der Waals surface area (Å²) in [5.74, 6) is 2.76. The Morgan fingerprint density at radius 1 is 1.36 bits per heavy atom. The van der Waals surface area contributed by atoms with Gasteiger partial charge in [-0.3, -0.25) is 4.57 Å². The van der Waals surface area contributed by atoms with Gasteiger partial charge < -0.3 is 20.1 Å². The zero-order valence-corrected chi connectivity index (χ0v) is 12.1. The first-order chi connectivity index (χ1) is 10.6. The molecule has 3 heterocycles. The standard InChI is InChI=1S/C13H13ClN4O4/c1-2-3-7-16-11(14)8-12(17-7)18(5-15-8)13-10(21)9(20)6(4-19)22-13/h1,5-6,9-10,13,19-21H,3-4H2/t6-,9-,10-,13-/m1/s1. The Morgan fingerprint density at radius 2 is 2.14 bits per heavy atom. The molecule has 2 aromatic rings. The summed E-state index contributed by atoms with van der Waals surface area (Å²) in [6.07, 6.45) is 2.54. The number of fused-ring (bicyclic) bond motifs is 1. The van der Waals surface area contributed by atoms with Crippen LogP contribution < -0.4 is 0 Å². The van der Waals surface area contributed by atoms with Crippen LogP contribution in [-0.4, -0.2) is 59.8 Å². The van der Waals surface area contributed by atoms with Gasteiger partial charge in [0.25, 0.3) is 0 Å². The van der Waals surface area contributed by atoms with Crippen LogP contribution in [0.15, 0.2) is 6.33 Å². The number of nitrogens with zero attached hydrogens (tertiary/aromatic N) is 4. The highest BCUT2D eigenvalue weighted by Crippen LogP contribution is 2.32. The molecule has 1 fully saturated rings. The number of halogens is 1. The fraction of sp³-hybridized carbons (Fsp3) is 0.462. The van der Waals surface area contributed by atoms with Crippen molar-refractivity contribution in [3.63, 3.8) is 0 Å². The summed E-state index contributed by atoms with van der Waals surface area (Å²) in [6.45, 7) is -0.417. The van der Waals surface area contributed by atoms with E-state index in [1.807, 2.05) is 0 Å². The van der Waals surface area contributed by atoms with Crippen molar-refractivity contribution in [3.8, 4) is 12.3 Å². The van der Waals surface area contributed by atoms with Crippen LogP contribution in [0.4, 0.5) is 0 Å². The average molecular weight is 325 g/mol. The predicted molar refractivity (Wildman–Crippen MR) is 75.9 cm³/mol. The van der Waals surface area contributed by atoms with Gasteiger partial charge in [-0.05, 0) is 0 Å². The maximum Gasteiger partial charge on any atom is 0.167 e. The Labute approximate surface area is 130 Å². The van der Waals surface area contributed by atoms with Gasteiger partial charge in [0.1, 0.15) is 29.7 Å². The third-order valence-electron chi connectivity index (χ3n) is 3.48. The highest BCUT2D eigenvalue weighted by molar-refractivity contribution is 6.33. The van der Waals surface area contributed by atoms with Crippen LogP contribution in [0.2, 0.25) is 5.15 Å². The zero-order chi connectivity index (χ0) is 15.9. The molecule has 0 bridgehead atoms. The number of ether oxygens (including phenoxy) is 1. The third kappa shape index (κ3) is 2.33.